The van der Waals surface area contributed by atoms with Crippen LogP contribution < -0.4 is 0 Å². The zero-order valence-electron chi connectivity index (χ0n) is 10.8. The number of hydrogen-bond donors (Lipinski definition) is 0. The first-order chi connectivity index (χ1) is 9.29. The van der Waals surface area contributed by atoms with Gasteiger partial charge in [0, 0.05) is 12.8 Å². The minimum Gasteiger partial charge on any atom is -0.460 e. The van der Waals surface area contributed by atoms with Crippen LogP contribution in [0.15, 0.2) is 30.3 Å². The van der Waals surface area contributed by atoms with Crippen molar-refractivity contribution in [2.45, 2.75) is 44.5 Å². The summed E-state index contributed by atoms with van der Waals surface area (Å²) in [6.07, 6.45) is 2.60. The van der Waals surface area contributed by atoms with Crippen molar-refractivity contribution < 1.29 is 19.1 Å². The maximum Gasteiger partial charge on any atom is 0.306 e. The first-order valence-electron chi connectivity index (χ1n) is 6.58. The monoisotopic (exact) mass is 262 g/mol. The number of benzene rings is 1. The summed E-state index contributed by atoms with van der Waals surface area (Å²) in [6.45, 7) is 0.471. The van der Waals surface area contributed by atoms with E-state index in [1.165, 1.54) is 0 Å². The molecule has 0 spiro atoms. The van der Waals surface area contributed by atoms with Gasteiger partial charge in [0.05, 0.1) is 12.7 Å². The van der Waals surface area contributed by atoms with Gasteiger partial charge in [-0.1, -0.05) is 30.3 Å². The normalized spacial score (nSPS) is 20.0. The Morgan fingerprint density at radius 1 is 1.37 bits per heavy atom. The number of carbonyl (C=O) groups excluding carboxylic acids is 2. The standard InChI is InChI=1S/C15H18O4/c16-10-4-7-13(14-8-9-15(17)19-14)18-11-12-5-2-1-3-6-12/h1-3,5-6,10,13-14H,4,7-9,11H2/t13-,14-/m1/s1. The van der Waals surface area contributed by atoms with Gasteiger partial charge >= 0.3 is 5.97 Å². The van der Waals surface area contributed by atoms with Crippen LogP contribution in [0.3, 0.4) is 0 Å². The van der Waals surface area contributed by atoms with Crippen LogP contribution in [0.25, 0.3) is 0 Å². The minimum atomic E-state index is -0.212. The van der Waals surface area contributed by atoms with E-state index in [1.54, 1.807) is 0 Å². The van der Waals surface area contributed by atoms with Crippen molar-refractivity contribution in [2.75, 3.05) is 0 Å². The highest BCUT2D eigenvalue weighted by atomic mass is 16.6. The Balaban J connectivity index is 1.90. The number of carbonyl (C=O) groups is 2. The van der Waals surface area contributed by atoms with Crippen LogP contribution in [0.2, 0.25) is 0 Å². The van der Waals surface area contributed by atoms with Crippen LogP contribution in [0.5, 0.6) is 0 Å². The number of hydrogen-bond acceptors (Lipinski definition) is 4. The molecule has 1 aliphatic rings. The molecule has 4 nitrogen and oxygen atoms in total. The van der Waals surface area contributed by atoms with E-state index in [9.17, 15) is 9.59 Å². The van der Waals surface area contributed by atoms with E-state index < -0.39 is 0 Å². The first-order valence-corrected chi connectivity index (χ1v) is 6.58. The molecule has 0 N–H and O–H groups in total. The molecule has 1 aliphatic heterocycles. The van der Waals surface area contributed by atoms with Crippen LogP contribution in [0, 0.1) is 0 Å². The summed E-state index contributed by atoms with van der Waals surface area (Å²) in [5.41, 5.74) is 1.07. The Bertz CT molecular complexity index is 415. The predicted molar refractivity (Wildman–Crippen MR) is 69.4 cm³/mol. The quantitative estimate of drug-likeness (QED) is 0.558. The lowest BCUT2D eigenvalue weighted by molar-refractivity contribution is -0.148. The predicted octanol–water partition coefficient (Wildman–Crippen LogP) is 2.26. The van der Waals surface area contributed by atoms with Gasteiger partial charge in [0.25, 0.3) is 0 Å². The number of esters is 1. The van der Waals surface area contributed by atoms with Crippen LogP contribution in [0.1, 0.15) is 31.2 Å². The van der Waals surface area contributed by atoms with Gasteiger partial charge < -0.3 is 14.3 Å². The van der Waals surface area contributed by atoms with Crippen molar-refractivity contribution in [3.05, 3.63) is 35.9 Å². The molecule has 4 heteroatoms. The van der Waals surface area contributed by atoms with Gasteiger partial charge in [-0.05, 0) is 18.4 Å². The van der Waals surface area contributed by atoms with Gasteiger partial charge in [-0.15, -0.1) is 0 Å². The third kappa shape index (κ3) is 4.17. The summed E-state index contributed by atoms with van der Waals surface area (Å²) in [6, 6.07) is 9.82. The summed E-state index contributed by atoms with van der Waals surface area (Å²) in [4.78, 5) is 21.7. The van der Waals surface area contributed by atoms with Crippen LogP contribution >= 0.6 is 0 Å². The molecule has 2 atom stereocenters. The van der Waals surface area contributed by atoms with E-state index in [1.807, 2.05) is 30.3 Å². The number of rotatable bonds is 7. The molecule has 0 unspecified atom stereocenters. The molecule has 0 aromatic heterocycles. The number of cyclic esters (lactones) is 1. The van der Waals surface area contributed by atoms with Gasteiger partial charge in [0.2, 0.25) is 0 Å². The lowest BCUT2D eigenvalue weighted by Gasteiger charge is -2.22. The lowest BCUT2D eigenvalue weighted by atomic mass is 10.1. The molecule has 102 valence electrons. The number of ether oxygens (including phenoxy) is 2. The van der Waals surface area contributed by atoms with E-state index in [-0.39, 0.29) is 18.2 Å². The topological polar surface area (TPSA) is 52.6 Å². The summed E-state index contributed by atoms with van der Waals surface area (Å²) in [5, 5.41) is 0. The average molecular weight is 262 g/mol. The van der Waals surface area contributed by atoms with Crippen LogP contribution in [0.4, 0.5) is 0 Å². The number of aldehydes is 1. The SMILES string of the molecule is O=CCC[C@@H](OCc1ccccc1)[C@H]1CCC(=O)O1. The Morgan fingerprint density at radius 3 is 2.79 bits per heavy atom. The molecule has 0 aliphatic carbocycles. The summed E-state index contributed by atoms with van der Waals surface area (Å²) in [7, 11) is 0. The Kier molecular flexibility index (Phi) is 5.10. The lowest BCUT2D eigenvalue weighted by Crippen LogP contribution is -2.29. The van der Waals surface area contributed by atoms with Crippen molar-refractivity contribution >= 4 is 12.3 Å². The highest BCUT2D eigenvalue weighted by Crippen LogP contribution is 2.23. The van der Waals surface area contributed by atoms with Gasteiger partial charge in [-0.3, -0.25) is 4.79 Å². The molecule has 1 fully saturated rings. The fraction of sp³-hybridized carbons (Fsp3) is 0.467. The zero-order chi connectivity index (χ0) is 13.5. The van der Waals surface area contributed by atoms with Gasteiger partial charge in [0.15, 0.2) is 0 Å². The molecule has 1 saturated heterocycles. The van der Waals surface area contributed by atoms with Crippen LogP contribution in [-0.4, -0.2) is 24.5 Å². The second-order valence-electron chi connectivity index (χ2n) is 4.65. The first kappa shape index (κ1) is 13.7. The third-order valence-corrected chi connectivity index (χ3v) is 3.21. The second kappa shape index (κ2) is 7.04. The smallest absolute Gasteiger partial charge is 0.306 e. The average Bonchev–Trinajstić information content (AvgIpc) is 2.86. The molecule has 0 amide bonds. The van der Waals surface area contributed by atoms with E-state index in [2.05, 4.69) is 0 Å². The maximum absolute atomic E-state index is 11.2. The highest BCUT2D eigenvalue weighted by Gasteiger charge is 2.31. The van der Waals surface area contributed by atoms with Gasteiger partial charge in [0.1, 0.15) is 12.4 Å². The summed E-state index contributed by atoms with van der Waals surface area (Å²) in [5.74, 6) is -0.176. The third-order valence-electron chi connectivity index (χ3n) is 3.21. The van der Waals surface area contributed by atoms with Crippen molar-refractivity contribution in [1.29, 1.82) is 0 Å². The molecule has 2 rings (SSSR count). The van der Waals surface area contributed by atoms with Crippen molar-refractivity contribution in [2.24, 2.45) is 0 Å². The Hall–Kier alpha value is -1.68. The molecule has 0 radical (unpaired) electrons. The molecular weight excluding hydrogens is 244 g/mol. The highest BCUT2D eigenvalue weighted by molar-refractivity contribution is 5.71. The fourth-order valence-electron chi connectivity index (χ4n) is 2.19. The largest absolute Gasteiger partial charge is 0.460 e. The van der Waals surface area contributed by atoms with E-state index in [0.717, 1.165) is 11.8 Å². The molecule has 19 heavy (non-hydrogen) atoms. The molecular formula is C15H18O4. The molecule has 0 bridgehead atoms. The molecule has 0 saturated carbocycles. The van der Waals surface area contributed by atoms with E-state index >= 15 is 0 Å². The summed E-state index contributed by atoms with van der Waals surface area (Å²) < 4.78 is 11.1. The molecule has 1 aromatic carbocycles. The van der Waals surface area contributed by atoms with E-state index in [4.69, 9.17) is 9.47 Å². The fourth-order valence-corrected chi connectivity index (χ4v) is 2.19. The van der Waals surface area contributed by atoms with Crippen LogP contribution in [-0.2, 0) is 25.7 Å². The van der Waals surface area contributed by atoms with Gasteiger partial charge in [-0.2, -0.15) is 0 Å². The van der Waals surface area contributed by atoms with E-state index in [0.29, 0.717) is 32.3 Å². The van der Waals surface area contributed by atoms with Crippen molar-refractivity contribution in [3.8, 4) is 0 Å². The minimum absolute atomic E-state index is 0.176. The van der Waals surface area contributed by atoms with Crippen molar-refractivity contribution in [1.82, 2.24) is 0 Å². The van der Waals surface area contributed by atoms with Crippen molar-refractivity contribution in [3.63, 3.8) is 0 Å². The molecule has 1 heterocycles. The molecule has 1 aromatic rings. The van der Waals surface area contributed by atoms with Gasteiger partial charge in [-0.25, -0.2) is 0 Å². The maximum atomic E-state index is 11.2. The summed E-state index contributed by atoms with van der Waals surface area (Å²) >= 11 is 0. The Labute approximate surface area is 112 Å². The second-order valence-corrected chi connectivity index (χ2v) is 4.65. The zero-order valence-corrected chi connectivity index (χ0v) is 10.8. The Morgan fingerprint density at radius 2 is 2.16 bits per heavy atom.